The van der Waals surface area contributed by atoms with Gasteiger partial charge in [-0.3, -0.25) is 0 Å². The van der Waals surface area contributed by atoms with Crippen molar-refractivity contribution in [1.82, 2.24) is 5.32 Å². The van der Waals surface area contributed by atoms with E-state index in [2.05, 4.69) is 5.32 Å². The molecule has 1 aliphatic heterocycles. The Kier molecular flexibility index (Phi) is 8.14. The van der Waals surface area contributed by atoms with Gasteiger partial charge >= 0.3 is 0 Å². The van der Waals surface area contributed by atoms with Crippen LogP contribution in [0.5, 0.6) is 0 Å². The van der Waals surface area contributed by atoms with Crippen molar-refractivity contribution in [2.24, 2.45) is 0 Å². The summed E-state index contributed by atoms with van der Waals surface area (Å²) in [7, 11) is 0. The maximum Gasteiger partial charge on any atom is 0 e. The van der Waals surface area contributed by atoms with Crippen molar-refractivity contribution < 1.29 is 19.5 Å². The summed E-state index contributed by atoms with van der Waals surface area (Å²) in [6.07, 6.45) is 8.57. The van der Waals surface area contributed by atoms with Crippen molar-refractivity contribution in [3.63, 3.8) is 0 Å². The first-order chi connectivity index (χ1) is 4.50. The molecule has 10 heavy (non-hydrogen) atoms. The maximum atomic E-state index is 3.43. The fourth-order valence-corrected chi connectivity index (χ4v) is 1.33. The van der Waals surface area contributed by atoms with Crippen LogP contribution in [0.3, 0.4) is 0 Å². The normalized spacial score (nSPS) is 21.6. The molecular weight excluding hydrogens is 211 g/mol. The van der Waals surface area contributed by atoms with Crippen LogP contribution in [0.25, 0.3) is 0 Å². The third-order valence-electron chi connectivity index (χ3n) is 1.96. The van der Waals surface area contributed by atoms with Crippen molar-refractivity contribution in [3.05, 3.63) is 0 Å². The van der Waals surface area contributed by atoms with Crippen LogP contribution < -0.4 is 5.32 Å². The molecule has 0 atom stereocenters. The molecule has 1 nitrogen and oxygen atoms in total. The van der Waals surface area contributed by atoms with E-state index in [-0.39, 0.29) is 19.5 Å². The summed E-state index contributed by atoms with van der Waals surface area (Å²) in [6, 6.07) is 0. The van der Waals surface area contributed by atoms with Gasteiger partial charge in [0.05, 0.1) is 0 Å². The van der Waals surface area contributed by atoms with E-state index in [1.807, 2.05) is 0 Å². The smallest absolute Gasteiger partial charge is 0 e. The van der Waals surface area contributed by atoms with Crippen molar-refractivity contribution in [1.29, 1.82) is 0 Å². The van der Waals surface area contributed by atoms with Gasteiger partial charge in [0.15, 0.2) is 0 Å². The van der Waals surface area contributed by atoms with E-state index in [4.69, 9.17) is 0 Å². The molecule has 0 radical (unpaired) electrons. The topological polar surface area (TPSA) is 12.0 Å². The van der Waals surface area contributed by atoms with Gasteiger partial charge < -0.3 is 5.32 Å². The molecular formula is C8H17NRu. The second-order valence-corrected chi connectivity index (χ2v) is 2.87. The third kappa shape index (κ3) is 5.37. The molecule has 1 aliphatic rings. The quantitative estimate of drug-likeness (QED) is 0.625. The summed E-state index contributed by atoms with van der Waals surface area (Å²) in [4.78, 5) is 0. The van der Waals surface area contributed by atoms with E-state index in [0.29, 0.717) is 0 Å². The molecule has 2 heteroatoms. The fraction of sp³-hybridized carbons (Fsp3) is 1.00. The van der Waals surface area contributed by atoms with E-state index in [0.717, 1.165) is 0 Å². The van der Waals surface area contributed by atoms with Crippen LogP contribution >= 0.6 is 0 Å². The van der Waals surface area contributed by atoms with E-state index >= 15 is 0 Å². The molecule has 1 rings (SSSR count). The summed E-state index contributed by atoms with van der Waals surface area (Å²) in [5, 5.41) is 3.43. The van der Waals surface area contributed by atoms with Gasteiger partial charge in [0.2, 0.25) is 0 Å². The maximum absolute atomic E-state index is 3.43. The van der Waals surface area contributed by atoms with Crippen molar-refractivity contribution >= 4 is 0 Å². The van der Waals surface area contributed by atoms with Gasteiger partial charge in [0.25, 0.3) is 0 Å². The van der Waals surface area contributed by atoms with Crippen LogP contribution in [0.2, 0.25) is 0 Å². The molecule has 1 heterocycles. The van der Waals surface area contributed by atoms with Crippen LogP contribution in [0.4, 0.5) is 0 Å². The molecule has 1 fully saturated rings. The molecule has 0 unspecified atom stereocenters. The van der Waals surface area contributed by atoms with Gasteiger partial charge in [-0.05, 0) is 25.9 Å². The number of hydrogen-bond acceptors (Lipinski definition) is 1. The Labute approximate surface area is 76.7 Å². The van der Waals surface area contributed by atoms with E-state index in [1.165, 1.54) is 51.6 Å². The first-order valence-electron chi connectivity index (χ1n) is 4.21. The molecule has 0 aromatic rings. The summed E-state index contributed by atoms with van der Waals surface area (Å²) >= 11 is 0. The first kappa shape index (κ1) is 10.6. The number of hydrogen-bond donors (Lipinski definition) is 1. The Morgan fingerprint density at radius 3 is 1.50 bits per heavy atom. The zero-order valence-electron chi connectivity index (χ0n) is 6.51. The molecule has 0 saturated carbocycles. The predicted octanol–water partition coefficient (Wildman–Crippen LogP) is 1.93. The van der Waals surface area contributed by atoms with Crippen LogP contribution in [0.1, 0.15) is 38.5 Å². The van der Waals surface area contributed by atoms with Gasteiger partial charge in [-0.25, -0.2) is 0 Å². The molecule has 0 aromatic carbocycles. The SMILES string of the molecule is C1CCCCNCCC1.[Ru]. The number of rotatable bonds is 0. The molecule has 0 aliphatic carbocycles. The van der Waals surface area contributed by atoms with Gasteiger partial charge in [-0.1, -0.05) is 25.7 Å². The molecule has 0 amide bonds. The van der Waals surface area contributed by atoms with E-state index < -0.39 is 0 Å². The average molecular weight is 228 g/mol. The summed E-state index contributed by atoms with van der Waals surface area (Å²) < 4.78 is 0. The largest absolute Gasteiger partial charge is 0.317 e. The van der Waals surface area contributed by atoms with Crippen molar-refractivity contribution in [2.75, 3.05) is 13.1 Å². The monoisotopic (exact) mass is 229 g/mol. The molecule has 0 aromatic heterocycles. The van der Waals surface area contributed by atoms with Crippen molar-refractivity contribution in [3.8, 4) is 0 Å². The van der Waals surface area contributed by atoms with E-state index in [9.17, 15) is 0 Å². The van der Waals surface area contributed by atoms with Crippen LogP contribution in [-0.4, -0.2) is 13.1 Å². The van der Waals surface area contributed by atoms with Crippen LogP contribution in [-0.2, 0) is 19.5 Å². The van der Waals surface area contributed by atoms with Gasteiger partial charge in [0.1, 0.15) is 0 Å². The summed E-state index contributed by atoms with van der Waals surface area (Å²) in [5.74, 6) is 0. The minimum atomic E-state index is 0. The summed E-state index contributed by atoms with van der Waals surface area (Å²) in [5.41, 5.74) is 0. The van der Waals surface area contributed by atoms with Gasteiger partial charge in [-0.15, -0.1) is 0 Å². The Balaban J connectivity index is 0.000000810. The first-order valence-corrected chi connectivity index (χ1v) is 4.21. The Morgan fingerprint density at radius 2 is 1.00 bits per heavy atom. The standard InChI is InChI=1S/C8H17N.Ru/c1-2-4-6-8-9-7-5-3-1;/h9H,1-8H2;. The molecule has 1 N–H and O–H groups in total. The Bertz CT molecular complexity index is 37.7. The second-order valence-electron chi connectivity index (χ2n) is 2.87. The fourth-order valence-electron chi connectivity index (χ4n) is 1.33. The zero-order chi connectivity index (χ0) is 6.36. The van der Waals surface area contributed by atoms with Crippen LogP contribution in [0.15, 0.2) is 0 Å². The van der Waals surface area contributed by atoms with Crippen LogP contribution in [0, 0.1) is 0 Å². The van der Waals surface area contributed by atoms with E-state index in [1.54, 1.807) is 0 Å². The summed E-state index contributed by atoms with van der Waals surface area (Å²) in [6.45, 7) is 2.50. The molecule has 0 spiro atoms. The Morgan fingerprint density at radius 1 is 0.600 bits per heavy atom. The molecule has 1 saturated heterocycles. The predicted molar refractivity (Wildman–Crippen MR) is 40.6 cm³/mol. The third-order valence-corrected chi connectivity index (χ3v) is 1.96. The zero-order valence-corrected chi connectivity index (χ0v) is 8.25. The van der Waals surface area contributed by atoms with Gasteiger partial charge in [-0.2, -0.15) is 0 Å². The number of nitrogens with one attached hydrogen (secondary N) is 1. The second kappa shape index (κ2) is 7.69. The van der Waals surface area contributed by atoms with Crippen molar-refractivity contribution in [2.45, 2.75) is 38.5 Å². The molecule has 0 bridgehead atoms. The average Bonchev–Trinajstić information content (AvgIpc) is 2.00. The molecule has 62 valence electrons. The minimum absolute atomic E-state index is 0. The Hall–Kier alpha value is 0.583. The van der Waals surface area contributed by atoms with Gasteiger partial charge in [0, 0.05) is 19.5 Å². The minimum Gasteiger partial charge on any atom is -0.317 e.